The molecule has 0 saturated carbocycles. The first-order chi connectivity index (χ1) is 8.61. The average molecular weight is 259 g/mol. The zero-order chi connectivity index (χ0) is 13.1. The normalized spacial score (nSPS) is 12.4. The van der Waals surface area contributed by atoms with Gasteiger partial charge < -0.3 is 0 Å². The van der Waals surface area contributed by atoms with E-state index in [9.17, 15) is 0 Å². The maximum atomic E-state index is 6.15. The molecular weight excluding hydrogens is 240 g/mol. The molecule has 18 heavy (non-hydrogen) atoms. The molecule has 0 nitrogen and oxygen atoms in total. The molecule has 0 bridgehead atoms. The third kappa shape index (κ3) is 2.76. The molecule has 0 aromatic heterocycles. The average Bonchev–Trinajstić information content (AvgIpc) is 2.38. The van der Waals surface area contributed by atoms with Crippen molar-refractivity contribution in [1.82, 2.24) is 0 Å². The molecule has 1 heteroatoms. The van der Waals surface area contributed by atoms with Gasteiger partial charge in [0.2, 0.25) is 0 Å². The number of halogens is 1. The summed E-state index contributed by atoms with van der Waals surface area (Å²) >= 11 is 6.15. The molecule has 2 rings (SSSR count). The highest BCUT2D eigenvalue weighted by Gasteiger charge is 2.11. The number of aryl methyl sites for hydroxylation is 1. The van der Waals surface area contributed by atoms with Gasteiger partial charge in [-0.05, 0) is 48.1 Å². The van der Waals surface area contributed by atoms with Crippen molar-refractivity contribution in [3.8, 4) is 11.1 Å². The zero-order valence-electron chi connectivity index (χ0n) is 11.2. The number of rotatable bonds is 3. The SMILES string of the molecule is CC[C@@H](C)c1ccc(Cl)cc1-c1cccc(C)c1. The van der Waals surface area contributed by atoms with Crippen LogP contribution < -0.4 is 0 Å². The second-order valence-electron chi connectivity index (χ2n) is 4.91. The van der Waals surface area contributed by atoms with Gasteiger partial charge in [0.05, 0.1) is 0 Å². The molecule has 0 heterocycles. The van der Waals surface area contributed by atoms with E-state index in [0.29, 0.717) is 5.92 Å². The van der Waals surface area contributed by atoms with Gasteiger partial charge in [-0.3, -0.25) is 0 Å². The van der Waals surface area contributed by atoms with Crippen LogP contribution in [0.1, 0.15) is 37.3 Å². The predicted octanol–water partition coefficient (Wildman–Crippen LogP) is 5.83. The summed E-state index contributed by atoms with van der Waals surface area (Å²) in [6.45, 7) is 6.61. The lowest BCUT2D eigenvalue weighted by atomic mass is 9.90. The van der Waals surface area contributed by atoms with Crippen molar-refractivity contribution in [2.75, 3.05) is 0 Å². The minimum atomic E-state index is 0.553. The summed E-state index contributed by atoms with van der Waals surface area (Å²) in [7, 11) is 0. The van der Waals surface area contributed by atoms with Crippen molar-refractivity contribution >= 4 is 11.6 Å². The van der Waals surface area contributed by atoms with Gasteiger partial charge >= 0.3 is 0 Å². The second kappa shape index (κ2) is 5.58. The zero-order valence-corrected chi connectivity index (χ0v) is 12.0. The van der Waals surface area contributed by atoms with E-state index in [2.05, 4.69) is 57.2 Å². The fraction of sp³-hybridized carbons (Fsp3) is 0.294. The first-order valence-electron chi connectivity index (χ1n) is 6.48. The minimum absolute atomic E-state index is 0.553. The lowest BCUT2D eigenvalue weighted by Gasteiger charge is -2.16. The van der Waals surface area contributed by atoms with Crippen molar-refractivity contribution in [1.29, 1.82) is 0 Å². The van der Waals surface area contributed by atoms with Gasteiger partial charge in [-0.25, -0.2) is 0 Å². The molecule has 0 spiro atoms. The van der Waals surface area contributed by atoms with E-state index in [-0.39, 0.29) is 0 Å². The minimum Gasteiger partial charge on any atom is -0.0843 e. The smallest absolute Gasteiger partial charge is 0.0412 e. The van der Waals surface area contributed by atoms with Crippen molar-refractivity contribution < 1.29 is 0 Å². The van der Waals surface area contributed by atoms with Gasteiger partial charge in [-0.1, -0.05) is 61.3 Å². The maximum absolute atomic E-state index is 6.15. The van der Waals surface area contributed by atoms with E-state index in [1.54, 1.807) is 0 Å². The molecule has 0 fully saturated rings. The van der Waals surface area contributed by atoms with Crippen LogP contribution in [0.25, 0.3) is 11.1 Å². The van der Waals surface area contributed by atoms with Crippen LogP contribution in [0.2, 0.25) is 5.02 Å². The Labute approximate surface area is 115 Å². The van der Waals surface area contributed by atoms with E-state index in [0.717, 1.165) is 11.4 Å². The molecule has 0 radical (unpaired) electrons. The molecule has 0 N–H and O–H groups in total. The Kier molecular flexibility index (Phi) is 4.08. The fourth-order valence-corrected chi connectivity index (χ4v) is 2.41. The highest BCUT2D eigenvalue weighted by Crippen LogP contribution is 2.33. The van der Waals surface area contributed by atoms with Gasteiger partial charge in [-0.2, -0.15) is 0 Å². The number of hydrogen-bond donors (Lipinski definition) is 0. The molecule has 2 aromatic rings. The van der Waals surface area contributed by atoms with E-state index in [1.807, 2.05) is 6.07 Å². The first-order valence-corrected chi connectivity index (χ1v) is 6.86. The molecule has 94 valence electrons. The van der Waals surface area contributed by atoms with E-state index in [1.165, 1.54) is 22.3 Å². The van der Waals surface area contributed by atoms with Gasteiger partial charge in [0.15, 0.2) is 0 Å². The largest absolute Gasteiger partial charge is 0.0843 e. The monoisotopic (exact) mass is 258 g/mol. The van der Waals surface area contributed by atoms with Gasteiger partial charge in [0.25, 0.3) is 0 Å². The second-order valence-corrected chi connectivity index (χ2v) is 5.35. The molecule has 0 aliphatic heterocycles. The Hall–Kier alpha value is -1.27. The summed E-state index contributed by atoms with van der Waals surface area (Å²) in [5.41, 5.74) is 5.18. The van der Waals surface area contributed by atoms with E-state index < -0.39 is 0 Å². The van der Waals surface area contributed by atoms with Crippen molar-refractivity contribution in [3.63, 3.8) is 0 Å². The maximum Gasteiger partial charge on any atom is 0.0412 e. The Bertz CT molecular complexity index is 543. The lowest BCUT2D eigenvalue weighted by molar-refractivity contribution is 0.735. The summed E-state index contributed by atoms with van der Waals surface area (Å²) in [6.07, 6.45) is 1.14. The van der Waals surface area contributed by atoms with Crippen molar-refractivity contribution in [3.05, 3.63) is 58.6 Å². The van der Waals surface area contributed by atoms with Crippen LogP contribution in [0.4, 0.5) is 0 Å². The first kappa shape index (κ1) is 13.2. The Morgan fingerprint density at radius 3 is 2.56 bits per heavy atom. The standard InChI is InChI=1S/C17H19Cl/c1-4-13(3)16-9-8-15(18)11-17(16)14-7-5-6-12(2)10-14/h5-11,13H,4H2,1-3H3/t13-/m1/s1. The third-order valence-electron chi connectivity index (χ3n) is 3.49. The van der Waals surface area contributed by atoms with Gasteiger partial charge in [0, 0.05) is 5.02 Å². The fourth-order valence-electron chi connectivity index (χ4n) is 2.24. The Balaban J connectivity index is 2.58. The van der Waals surface area contributed by atoms with E-state index >= 15 is 0 Å². The van der Waals surface area contributed by atoms with Crippen LogP contribution >= 0.6 is 11.6 Å². The summed E-state index contributed by atoms with van der Waals surface area (Å²) in [5.74, 6) is 0.553. The highest BCUT2D eigenvalue weighted by molar-refractivity contribution is 6.30. The summed E-state index contributed by atoms with van der Waals surface area (Å²) in [6, 6.07) is 14.8. The summed E-state index contributed by atoms with van der Waals surface area (Å²) in [5, 5.41) is 0.804. The van der Waals surface area contributed by atoms with E-state index in [4.69, 9.17) is 11.6 Å². The van der Waals surface area contributed by atoms with Gasteiger partial charge in [0.1, 0.15) is 0 Å². The molecule has 0 aliphatic carbocycles. The summed E-state index contributed by atoms with van der Waals surface area (Å²) < 4.78 is 0. The van der Waals surface area contributed by atoms with Gasteiger partial charge in [-0.15, -0.1) is 0 Å². The van der Waals surface area contributed by atoms with Crippen LogP contribution in [0.15, 0.2) is 42.5 Å². The lowest BCUT2D eigenvalue weighted by Crippen LogP contribution is -1.95. The molecule has 0 amide bonds. The molecule has 0 saturated heterocycles. The van der Waals surface area contributed by atoms with Crippen LogP contribution in [0.5, 0.6) is 0 Å². The van der Waals surface area contributed by atoms with Crippen LogP contribution in [0, 0.1) is 6.92 Å². The Morgan fingerprint density at radius 1 is 1.11 bits per heavy atom. The summed E-state index contributed by atoms with van der Waals surface area (Å²) in [4.78, 5) is 0. The third-order valence-corrected chi connectivity index (χ3v) is 3.72. The Morgan fingerprint density at radius 2 is 1.89 bits per heavy atom. The quantitative estimate of drug-likeness (QED) is 0.650. The number of hydrogen-bond acceptors (Lipinski definition) is 0. The predicted molar refractivity (Wildman–Crippen MR) is 80.3 cm³/mol. The van der Waals surface area contributed by atoms with Crippen molar-refractivity contribution in [2.24, 2.45) is 0 Å². The number of benzene rings is 2. The molecule has 1 atom stereocenters. The van der Waals surface area contributed by atoms with Crippen LogP contribution in [0.3, 0.4) is 0 Å². The molecule has 2 aromatic carbocycles. The van der Waals surface area contributed by atoms with Crippen molar-refractivity contribution in [2.45, 2.75) is 33.1 Å². The van der Waals surface area contributed by atoms with Crippen LogP contribution in [-0.2, 0) is 0 Å². The molecule has 0 unspecified atom stereocenters. The highest BCUT2D eigenvalue weighted by atomic mass is 35.5. The molecular formula is C17H19Cl. The van der Waals surface area contributed by atoms with Crippen LogP contribution in [-0.4, -0.2) is 0 Å². The topological polar surface area (TPSA) is 0 Å². The molecule has 0 aliphatic rings.